The fourth-order valence-electron chi connectivity index (χ4n) is 1.76. The molecule has 0 spiro atoms. The van der Waals surface area contributed by atoms with Crippen LogP contribution in [-0.4, -0.2) is 28.2 Å². The highest BCUT2D eigenvalue weighted by Gasteiger charge is 2.08. The summed E-state index contributed by atoms with van der Waals surface area (Å²) in [4.78, 5) is 8.37. The Hall–Kier alpha value is -1.85. The van der Waals surface area contributed by atoms with Gasteiger partial charge in [-0.2, -0.15) is 0 Å². The van der Waals surface area contributed by atoms with Crippen molar-refractivity contribution in [1.82, 2.24) is 9.97 Å². The van der Waals surface area contributed by atoms with Gasteiger partial charge in [-0.25, -0.2) is 9.97 Å². The third-order valence-electron chi connectivity index (χ3n) is 2.68. The highest BCUT2D eigenvalue weighted by molar-refractivity contribution is 6.31. The van der Waals surface area contributed by atoms with Gasteiger partial charge >= 0.3 is 0 Å². The smallest absolute Gasteiger partial charge is 0.152 e. The number of pyridine rings is 2. The average molecular weight is 279 g/mol. The highest BCUT2D eigenvalue weighted by Crippen LogP contribution is 2.28. The van der Waals surface area contributed by atoms with Gasteiger partial charge in [0.25, 0.3) is 0 Å². The predicted octanol–water partition coefficient (Wildman–Crippen LogP) is 2.09. The van der Waals surface area contributed by atoms with Crippen LogP contribution in [0.4, 0.5) is 11.5 Å². The predicted molar refractivity (Wildman–Crippen MR) is 77.2 cm³/mol. The van der Waals surface area contributed by atoms with Crippen LogP contribution in [0.1, 0.15) is 5.69 Å². The first-order valence-electron chi connectivity index (χ1n) is 5.85. The summed E-state index contributed by atoms with van der Waals surface area (Å²) in [5, 5.41) is 12.1. The molecule has 0 radical (unpaired) electrons. The molecule has 0 saturated carbocycles. The molecule has 2 aromatic rings. The molecule has 2 rings (SSSR count). The van der Waals surface area contributed by atoms with Crippen LogP contribution < -0.4 is 11.1 Å². The summed E-state index contributed by atoms with van der Waals surface area (Å²) in [6.45, 7) is 2.39. The lowest BCUT2D eigenvalue weighted by Gasteiger charge is -2.10. The van der Waals surface area contributed by atoms with Crippen molar-refractivity contribution >= 4 is 23.1 Å². The summed E-state index contributed by atoms with van der Waals surface area (Å²) in [6.07, 6.45) is 1.69. The number of nitrogen functional groups attached to an aromatic ring is 1. The lowest BCUT2D eigenvalue weighted by Crippen LogP contribution is -2.06. The van der Waals surface area contributed by atoms with Gasteiger partial charge in [-0.1, -0.05) is 11.6 Å². The molecule has 0 amide bonds. The summed E-state index contributed by atoms with van der Waals surface area (Å²) < 4.78 is 0. The van der Waals surface area contributed by atoms with Crippen LogP contribution in [0.15, 0.2) is 24.4 Å². The topological polar surface area (TPSA) is 84.1 Å². The lowest BCUT2D eigenvalue weighted by molar-refractivity contribution is 0.311. The molecule has 6 heteroatoms. The maximum absolute atomic E-state index is 8.79. The minimum absolute atomic E-state index is 0.0559. The molecule has 0 aliphatic heterocycles. The van der Waals surface area contributed by atoms with Crippen molar-refractivity contribution in [3.8, 4) is 11.1 Å². The van der Waals surface area contributed by atoms with E-state index in [9.17, 15) is 0 Å². The molecule has 2 aromatic heterocycles. The Kier molecular flexibility index (Phi) is 4.19. The average Bonchev–Trinajstić information content (AvgIpc) is 2.41. The van der Waals surface area contributed by atoms with Crippen molar-refractivity contribution in [2.45, 2.75) is 6.92 Å². The lowest BCUT2D eigenvalue weighted by atomic mass is 10.1. The summed E-state index contributed by atoms with van der Waals surface area (Å²) >= 11 is 5.88. The number of nitrogens with zero attached hydrogens (tertiary/aromatic N) is 2. The summed E-state index contributed by atoms with van der Waals surface area (Å²) in [7, 11) is 0. The number of aryl methyl sites for hydroxylation is 1. The number of nitrogens with two attached hydrogens (primary N) is 1. The van der Waals surface area contributed by atoms with Crippen LogP contribution in [0.25, 0.3) is 11.1 Å². The third-order valence-corrected chi connectivity index (χ3v) is 2.99. The molecule has 0 unspecified atom stereocenters. The summed E-state index contributed by atoms with van der Waals surface area (Å²) in [6, 6.07) is 5.56. The van der Waals surface area contributed by atoms with Gasteiger partial charge in [-0.3, -0.25) is 0 Å². The number of rotatable bonds is 4. The van der Waals surface area contributed by atoms with Gasteiger partial charge in [0.15, 0.2) is 5.15 Å². The van der Waals surface area contributed by atoms with Crippen molar-refractivity contribution in [3.63, 3.8) is 0 Å². The van der Waals surface area contributed by atoms with E-state index in [0.29, 0.717) is 23.2 Å². The zero-order chi connectivity index (χ0) is 13.8. The SMILES string of the molecule is Cc1nc(Cl)c(N)cc1-c1ccnc(NCCO)c1. The Bertz CT molecular complexity index is 589. The molecule has 0 fully saturated rings. The van der Waals surface area contributed by atoms with Crippen molar-refractivity contribution in [2.24, 2.45) is 0 Å². The molecule has 0 aromatic carbocycles. The number of halogens is 1. The first kappa shape index (κ1) is 13.6. The Morgan fingerprint density at radius 3 is 2.95 bits per heavy atom. The van der Waals surface area contributed by atoms with E-state index < -0.39 is 0 Å². The molecule has 0 atom stereocenters. The van der Waals surface area contributed by atoms with Crippen LogP contribution in [-0.2, 0) is 0 Å². The Labute approximate surface area is 116 Å². The number of nitrogens with one attached hydrogen (secondary N) is 1. The quantitative estimate of drug-likeness (QED) is 0.746. The second-order valence-corrected chi connectivity index (χ2v) is 4.44. The fourth-order valence-corrected chi connectivity index (χ4v) is 1.94. The molecule has 0 aliphatic rings. The molecule has 4 N–H and O–H groups in total. The minimum atomic E-state index is 0.0559. The maximum Gasteiger partial charge on any atom is 0.152 e. The number of hydrogen-bond acceptors (Lipinski definition) is 5. The van der Waals surface area contributed by atoms with Crippen molar-refractivity contribution in [2.75, 3.05) is 24.2 Å². The molecule has 0 bridgehead atoms. The van der Waals surface area contributed by atoms with Crippen LogP contribution in [0, 0.1) is 6.92 Å². The van der Waals surface area contributed by atoms with Gasteiger partial charge in [0.1, 0.15) is 5.82 Å². The van der Waals surface area contributed by atoms with E-state index in [1.807, 2.05) is 19.1 Å². The Balaban J connectivity index is 2.38. The van der Waals surface area contributed by atoms with E-state index in [1.165, 1.54) is 0 Å². The van der Waals surface area contributed by atoms with Crippen LogP contribution in [0.3, 0.4) is 0 Å². The fraction of sp³-hybridized carbons (Fsp3) is 0.231. The largest absolute Gasteiger partial charge is 0.396 e. The number of aliphatic hydroxyl groups is 1. The number of aromatic nitrogens is 2. The molecule has 5 nitrogen and oxygen atoms in total. The number of anilines is 2. The zero-order valence-electron chi connectivity index (χ0n) is 10.5. The summed E-state index contributed by atoms with van der Waals surface area (Å²) in [5.41, 5.74) is 8.90. The van der Waals surface area contributed by atoms with Gasteiger partial charge in [0, 0.05) is 24.0 Å². The highest BCUT2D eigenvalue weighted by atomic mass is 35.5. The number of hydrogen-bond donors (Lipinski definition) is 3. The first-order chi connectivity index (χ1) is 9.11. The normalized spacial score (nSPS) is 10.5. The van der Waals surface area contributed by atoms with Crippen molar-refractivity contribution in [1.29, 1.82) is 0 Å². The second-order valence-electron chi connectivity index (χ2n) is 4.08. The van der Waals surface area contributed by atoms with E-state index in [4.69, 9.17) is 22.4 Å². The molecule has 100 valence electrons. The van der Waals surface area contributed by atoms with Gasteiger partial charge in [-0.05, 0) is 30.7 Å². The standard InChI is InChI=1S/C13H15ClN4O/c1-8-10(7-11(15)13(14)18-8)9-2-3-16-12(6-9)17-4-5-19/h2-3,6-7,19H,4-5,15H2,1H3,(H,16,17). The van der Waals surface area contributed by atoms with E-state index in [-0.39, 0.29) is 6.61 Å². The van der Waals surface area contributed by atoms with Gasteiger partial charge in [0.2, 0.25) is 0 Å². The van der Waals surface area contributed by atoms with Crippen LogP contribution in [0.2, 0.25) is 5.15 Å². The van der Waals surface area contributed by atoms with Crippen molar-refractivity contribution in [3.05, 3.63) is 35.2 Å². The van der Waals surface area contributed by atoms with Gasteiger partial charge < -0.3 is 16.2 Å². The van der Waals surface area contributed by atoms with E-state index in [1.54, 1.807) is 12.3 Å². The maximum atomic E-state index is 8.79. The van der Waals surface area contributed by atoms with Gasteiger partial charge in [-0.15, -0.1) is 0 Å². The van der Waals surface area contributed by atoms with Crippen LogP contribution >= 0.6 is 11.6 Å². The molecular weight excluding hydrogens is 264 g/mol. The van der Waals surface area contributed by atoms with E-state index in [2.05, 4.69) is 15.3 Å². The molecule has 0 saturated heterocycles. The van der Waals surface area contributed by atoms with Gasteiger partial charge in [0.05, 0.1) is 12.3 Å². The van der Waals surface area contributed by atoms with Crippen molar-refractivity contribution < 1.29 is 5.11 Å². The molecule has 19 heavy (non-hydrogen) atoms. The van der Waals surface area contributed by atoms with Crippen LogP contribution in [0.5, 0.6) is 0 Å². The Morgan fingerprint density at radius 1 is 1.42 bits per heavy atom. The zero-order valence-corrected chi connectivity index (χ0v) is 11.3. The second kappa shape index (κ2) is 5.86. The molecule has 2 heterocycles. The molecular formula is C13H15ClN4O. The summed E-state index contributed by atoms with van der Waals surface area (Å²) in [5.74, 6) is 0.694. The molecule has 0 aliphatic carbocycles. The van der Waals surface area contributed by atoms with E-state index in [0.717, 1.165) is 16.8 Å². The Morgan fingerprint density at radius 2 is 2.21 bits per heavy atom. The monoisotopic (exact) mass is 278 g/mol. The number of aliphatic hydroxyl groups excluding tert-OH is 1. The third kappa shape index (κ3) is 3.13. The first-order valence-corrected chi connectivity index (χ1v) is 6.23. The minimum Gasteiger partial charge on any atom is -0.396 e. The van der Waals surface area contributed by atoms with E-state index >= 15 is 0 Å².